The number of halogens is 1. The van der Waals surface area contributed by atoms with Gasteiger partial charge in [-0.1, -0.05) is 72.4 Å². The largest absolute Gasteiger partial charge is 0.352 e. The SMILES string of the molecule is N#CCCl.N#CCSCCCC(=O)NCc1ccccc1.NCc1ccccc1.O=C1CCCS1. The summed E-state index contributed by atoms with van der Waals surface area (Å²) in [7, 11) is 0. The molecule has 0 bridgehead atoms. The Morgan fingerprint density at radius 1 is 1.06 bits per heavy atom. The first kappa shape index (κ1) is 32.5. The first-order valence-electron chi connectivity index (χ1n) is 11.1. The monoisotopic (exact) mass is 532 g/mol. The van der Waals surface area contributed by atoms with Crippen LogP contribution in [0.15, 0.2) is 60.7 Å². The molecule has 0 aromatic heterocycles. The van der Waals surface area contributed by atoms with Crippen LogP contribution in [0.3, 0.4) is 0 Å². The zero-order valence-electron chi connectivity index (χ0n) is 19.8. The Kier molecular flexibility index (Phi) is 22.9. The van der Waals surface area contributed by atoms with E-state index >= 15 is 0 Å². The standard InChI is InChI=1S/C13H16N2OS.C7H9N.C4H6OS.C2H2ClN/c14-8-10-17-9-4-7-13(16)15-11-12-5-2-1-3-6-12;8-6-7-4-2-1-3-5-7;5-4-2-1-3-6-4;3-1-2-4/h1-3,5-6H,4,7,9-11H2,(H,15,16);1-5H,6,8H2;1-3H2;1H2. The third kappa shape index (κ3) is 21.8. The van der Waals surface area contributed by atoms with E-state index in [-0.39, 0.29) is 11.8 Å². The van der Waals surface area contributed by atoms with E-state index in [2.05, 4.69) is 11.4 Å². The summed E-state index contributed by atoms with van der Waals surface area (Å²) in [5, 5.41) is 19.1. The number of carbonyl (C=O) groups excluding carboxylic acids is 2. The van der Waals surface area contributed by atoms with E-state index in [1.807, 2.05) is 60.7 Å². The highest BCUT2D eigenvalue weighted by Gasteiger charge is 2.08. The average Bonchev–Trinajstić information content (AvgIpc) is 3.40. The molecule has 35 heavy (non-hydrogen) atoms. The summed E-state index contributed by atoms with van der Waals surface area (Å²) in [6.45, 7) is 1.23. The molecule has 0 unspecified atom stereocenters. The number of nitrogens with one attached hydrogen (secondary N) is 1. The molecule has 0 radical (unpaired) electrons. The molecule has 1 saturated heterocycles. The number of nitrogens with zero attached hydrogens (tertiary/aromatic N) is 2. The second-order valence-electron chi connectivity index (χ2n) is 6.88. The second kappa shape index (κ2) is 24.6. The van der Waals surface area contributed by atoms with Crippen molar-refractivity contribution in [1.82, 2.24) is 5.32 Å². The minimum absolute atomic E-state index is 0.0754. The van der Waals surface area contributed by atoms with Gasteiger partial charge >= 0.3 is 0 Å². The van der Waals surface area contributed by atoms with Gasteiger partial charge in [-0.2, -0.15) is 10.5 Å². The second-order valence-corrected chi connectivity index (χ2v) is 9.41. The van der Waals surface area contributed by atoms with Gasteiger partial charge in [0.1, 0.15) is 5.88 Å². The molecule has 3 N–H and O–H groups in total. The summed E-state index contributed by atoms with van der Waals surface area (Å²) in [5.41, 5.74) is 7.65. The Labute approximate surface area is 222 Å². The third-order valence-corrected chi connectivity index (χ3v) is 6.17. The molecular formula is C26H33ClN4O2S2. The van der Waals surface area contributed by atoms with Gasteiger partial charge in [0.15, 0.2) is 5.12 Å². The predicted molar refractivity (Wildman–Crippen MR) is 148 cm³/mol. The van der Waals surface area contributed by atoms with E-state index in [1.54, 1.807) is 17.8 Å². The minimum atomic E-state index is 0.0754. The first-order chi connectivity index (χ1) is 17.1. The Bertz CT molecular complexity index is 880. The van der Waals surface area contributed by atoms with Crippen molar-refractivity contribution < 1.29 is 9.59 Å². The highest BCUT2D eigenvalue weighted by atomic mass is 35.5. The molecule has 1 amide bonds. The van der Waals surface area contributed by atoms with Crippen LogP contribution >= 0.6 is 35.1 Å². The molecule has 9 heteroatoms. The molecule has 6 nitrogen and oxygen atoms in total. The number of hydrogen-bond acceptors (Lipinski definition) is 7. The van der Waals surface area contributed by atoms with Gasteiger partial charge in [-0.05, 0) is 29.7 Å². The maximum absolute atomic E-state index is 11.5. The van der Waals surface area contributed by atoms with E-state index in [9.17, 15) is 9.59 Å². The van der Waals surface area contributed by atoms with Gasteiger partial charge in [0, 0.05) is 31.7 Å². The highest BCUT2D eigenvalue weighted by molar-refractivity contribution is 8.14. The molecule has 2 aromatic rings. The van der Waals surface area contributed by atoms with Crippen LogP contribution in [0.2, 0.25) is 0 Å². The number of alkyl halides is 1. The number of rotatable bonds is 8. The van der Waals surface area contributed by atoms with Crippen molar-refractivity contribution in [2.75, 3.05) is 23.1 Å². The molecule has 1 aliphatic heterocycles. The number of carbonyl (C=O) groups is 2. The van der Waals surface area contributed by atoms with E-state index in [0.717, 1.165) is 36.3 Å². The summed E-state index contributed by atoms with van der Waals surface area (Å²) in [5.74, 6) is 2.60. The van der Waals surface area contributed by atoms with Crippen molar-refractivity contribution in [1.29, 1.82) is 10.5 Å². The molecule has 2 aromatic carbocycles. The summed E-state index contributed by atoms with van der Waals surface area (Å²) < 4.78 is 0. The molecule has 0 aliphatic carbocycles. The predicted octanol–water partition coefficient (Wildman–Crippen LogP) is 5.27. The van der Waals surface area contributed by atoms with E-state index in [0.29, 0.717) is 30.4 Å². The molecule has 0 saturated carbocycles. The number of nitrogens with two attached hydrogens (primary N) is 1. The normalized spacial score (nSPS) is 11.1. The lowest BCUT2D eigenvalue weighted by Crippen LogP contribution is -2.22. The number of benzene rings is 2. The van der Waals surface area contributed by atoms with Gasteiger partial charge in [0.25, 0.3) is 0 Å². The van der Waals surface area contributed by atoms with Gasteiger partial charge < -0.3 is 11.1 Å². The van der Waals surface area contributed by atoms with Gasteiger partial charge in [0.2, 0.25) is 5.91 Å². The van der Waals surface area contributed by atoms with Crippen LogP contribution < -0.4 is 11.1 Å². The first-order valence-corrected chi connectivity index (χ1v) is 13.8. The summed E-state index contributed by atoms with van der Waals surface area (Å²) >= 11 is 7.85. The quantitative estimate of drug-likeness (QED) is 0.350. The van der Waals surface area contributed by atoms with Crippen LogP contribution in [0, 0.1) is 22.7 Å². The van der Waals surface area contributed by atoms with E-state index in [4.69, 9.17) is 27.9 Å². The number of thioether (sulfide) groups is 2. The lowest BCUT2D eigenvalue weighted by Gasteiger charge is -2.04. The number of hydrogen-bond donors (Lipinski definition) is 2. The van der Waals surface area contributed by atoms with Crippen LogP contribution in [0.1, 0.15) is 36.8 Å². The molecule has 1 fully saturated rings. The van der Waals surface area contributed by atoms with Crippen LogP contribution in [0.25, 0.3) is 0 Å². The summed E-state index contributed by atoms with van der Waals surface area (Å²) in [6, 6.07) is 23.6. The van der Waals surface area contributed by atoms with Crippen LogP contribution in [0.5, 0.6) is 0 Å². The fourth-order valence-electron chi connectivity index (χ4n) is 2.43. The van der Waals surface area contributed by atoms with Crippen molar-refractivity contribution in [3.63, 3.8) is 0 Å². The molecule has 1 heterocycles. The Hall–Kier alpha value is -2.49. The third-order valence-electron chi connectivity index (χ3n) is 4.12. The van der Waals surface area contributed by atoms with Crippen molar-refractivity contribution in [2.45, 2.75) is 38.8 Å². The van der Waals surface area contributed by atoms with Crippen LogP contribution in [0.4, 0.5) is 0 Å². The summed E-state index contributed by atoms with van der Waals surface area (Å²) in [4.78, 5) is 21.7. The maximum Gasteiger partial charge on any atom is 0.220 e. The van der Waals surface area contributed by atoms with E-state index < -0.39 is 0 Å². The molecular weight excluding hydrogens is 500 g/mol. The minimum Gasteiger partial charge on any atom is -0.352 e. The van der Waals surface area contributed by atoms with E-state index in [1.165, 1.54) is 17.3 Å². The number of nitriles is 2. The summed E-state index contributed by atoms with van der Waals surface area (Å²) in [6.07, 6.45) is 3.27. The lowest BCUT2D eigenvalue weighted by molar-refractivity contribution is -0.121. The van der Waals surface area contributed by atoms with Gasteiger partial charge in [0.05, 0.1) is 17.9 Å². The molecule has 0 atom stereocenters. The molecule has 3 rings (SSSR count). The fraction of sp³-hybridized carbons (Fsp3) is 0.385. The number of amides is 1. The fourth-order valence-corrected chi connectivity index (χ4v) is 3.82. The molecule has 0 spiro atoms. The zero-order chi connectivity index (χ0) is 26.0. The topological polar surface area (TPSA) is 120 Å². The molecule has 188 valence electrons. The van der Waals surface area contributed by atoms with Crippen molar-refractivity contribution in [3.8, 4) is 12.1 Å². The van der Waals surface area contributed by atoms with Gasteiger partial charge in [-0.25, -0.2) is 0 Å². The lowest BCUT2D eigenvalue weighted by atomic mass is 10.2. The Morgan fingerprint density at radius 2 is 1.66 bits per heavy atom. The van der Waals surface area contributed by atoms with Crippen LogP contribution in [-0.4, -0.2) is 34.2 Å². The Morgan fingerprint density at radius 3 is 2.06 bits per heavy atom. The van der Waals surface area contributed by atoms with Crippen LogP contribution in [-0.2, 0) is 22.7 Å². The van der Waals surface area contributed by atoms with Crippen molar-refractivity contribution in [2.24, 2.45) is 5.73 Å². The highest BCUT2D eigenvalue weighted by Crippen LogP contribution is 2.17. The molecule has 1 aliphatic rings. The van der Waals surface area contributed by atoms with Gasteiger partial charge in [-0.15, -0.1) is 23.4 Å². The van der Waals surface area contributed by atoms with Gasteiger partial charge in [-0.3, -0.25) is 9.59 Å². The average molecular weight is 533 g/mol. The Balaban J connectivity index is 0.000000525. The maximum atomic E-state index is 11.5. The smallest absolute Gasteiger partial charge is 0.220 e. The van der Waals surface area contributed by atoms with Crippen molar-refractivity contribution in [3.05, 3.63) is 71.8 Å². The van der Waals surface area contributed by atoms with Crippen molar-refractivity contribution >= 4 is 46.1 Å². The zero-order valence-corrected chi connectivity index (χ0v) is 22.2.